The van der Waals surface area contributed by atoms with Crippen LogP contribution in [0.4, 0.5) is 5.69 Å². The first-order chi connectivity index (χ1) is 13.4. The lowest BCUT2D eigenvalue weighted by molar-refractivity contribution is 0.0950. The molecule has 1 N–H and O–H groups in total. The Kier molecular flexibility index (Phi) is 7.02. The lowest BCUT2D eigenvalue weighted by atomic mass is 10.2. The number of sulfone groups is 1. The summed E-state index contributed by atoms with van der Waals surface area (Å²) in [5.41, 5.74) is 1.77. The molecule has 1 fully saturated rings. The summed E-state index contributed by atoms with van der Waals surface area (Å²) in [4.78, 5) is 15.6. The molecule has 1 saturated heterocycles. The number of carbonyl (C=O) groups is 1. The summed E-state index contributed by atoms with van der Waals surface area (Å²) in [6, 6.07) is 17.6. The van der Waals surface area contributed by atoms with Crippen molar-refractivity contribution in [2.75, 3.05) is 36.5 Å². The largest absolute Gasteiger partial charge is 0.375 e. The normalized spacial score (nSPS) is 18.0. The second kappa shape index (κ2) is 9.47. The average molecular weight is 419 g/mol. The number of nitrogens with zero attached hydrogens (tertiary/aromatic N) is 1. The smallest absolute Gasteiger partial charge is 0.252 e. The molecular weight excluding hydrogens is 392 g/mol. The minimum absolute atomic E-state index is 0.0264. The number of hydrogen-bond donors (Lipinski definition) is 1. The average Bonchev–Trinajstić information content (AvgIpc) is 3.04. The fourth-order valence-corrected chi connectivity index (χ4v) is 6.84. The first kappa shape index (κ1) is 20.7. The molecule has 3 rings (SSSR count). The van der Waals surface area contributed by atoms with Crippen LogP contribution in [0.2, 0.25) is 0 Å². The van der Waals surface area contributed by atoms with Crippen molar-refractivity contribution < 1.29 is 13.2 Å². The first-order valence-electron chi connectivity index (χ1n) is 9.45. The maximum absolute atomic E-state index is 12.6. The minimum Gasteiger partial charge on any atom is -0.375 e. The van der Waals surface area contributed by atoms with Gasteiger partial charge in [-0.25, -0.2) is 8.42 Å². The second-order valence-electron chi connectivity index (χ2n) is 7.01. The van der Waals surface area contributed by atoms with Crippen molar-refractivity contribution in [1.29, 1.82) is 0 Å². The summed E-state index contributed by atoms with van der Waals surface area (Å²) in [5.74, 6) is 0.333. The highest BCUT2D eigenvalue weighted by molar-refractivity contribution is 8.02. The van der Waals surface area contributed by atoms with E-state index in [-0.39, 0.29) is 22.7 Å². The van der Waals surface area contributed by atoms with E-state index in [9.17, 15) is 13.2 Å². The van der Waals surface area contributed by atoms with Gasteiger partial charge in [-0.1, -0.05) is 30.3 Å². The molecule has 150 valence electrons. The van der Waals surface area contributed by atoms with Gasteiger partial charge in [0.25, 0.3) is 5.91 Å². The summed E-state index contributed by atoms with van der Waals surface area (Å²) < 4.78 is 23.4. The summed E-state index contributed by atoms with van der Waals surface area (Å²) in [6.45, 7) is 1.44. The van der Waals surface area contributed by atoms with Crippen molar-refractivity contribution in [1.82, 2.24) is 5.32 Å². The number of benzene rings is 2. The maximum Gasteiger partial charge on any atom is 0.252 e. The standard InChI is InChI=1S/C21H26N2O3S2/c1-23(17-8-3-2-4-9-17)14-7-13-22-21(24)19-10-5-6-11-20(19)27-18-12-15-28(25,26)16-18/h2-6,8-11,18H,7,12-16H2,1H3,(H,22,24). The maximum atomic E-state index is 12.6. The van der Waals surface area contributed by atoms with Gasteiger partial charge in [-0.05, 0) is 37.1 Å². The van der Waals surface area contributed by atoms with Crippen molar-refractivity contribution in [3.63, 3.8) is 0 Å². The zero-order valence-electron chi connectivity index (χ0n) is 16.0. The Bertz CT molecular complexity index is 901. The number of nitrogens with one attached hydrogen (secondary N) is 1. The highest BCUT2D eigenvalue weighted by Gasteiger charge is 2.29. The predicted octanol–water partition coefficient (Wildman–Crippen LogP) is 3.22. The Labute approximate surface area is 171 Å². The fraction of sp³-hybridized carbons (Fsp3) is 0.381. The molecule has 1 aliphatic rings. The SMILES string of the molecule is CN(CCCNC(=O)c1ccccc1SC1CCS(=O)(=O)C1)c1ccccc1. The van der Waals surface area contributed by atoms with Gasteiger partial charge in [-0.3, -0.25) is 4.79 Å². The van der Waals surface area contributed by atoms with Crippen molar-refractivity contribution >= 4 is 33.2 Å². The number of rotatable bonds is 8. The molecule has 0 radical (unpaired) electrons. The lowest BCUT2D eigenvalue weighted by Gasteiger charge is -2.19. The number of thioether (sulfide) groups is 1. The molecule has 1 amide bonds. The van der Waals surface area contributed by atoms with Crippen LogP contribution < -0.4 is 10.2 Å². The summed E-state index contributed by atoms with van der Waals surface area (Å²) in [6.07, 6.45) is 1.49. The third kappa shape index (κ3) is 5.75. The van der Waals surface area contributed by atoms with E-state index in [0.29, 0.717) is 18.5 Å². The first-order valence-corrected chi connectivity index (χ1v) is 12.2. The monoisotopic (exact) mass is 418 g/mol. The molecule has 2 aromatic carbocycles. The van der Waals surface area contributed by atoms with E-state index in [1.165, 1.54) is 11.8 Å². The number of amides is 1. The van der Waals surface area contributed by atoms with Crippen molar-refractivity contribution in [3.05, 3.63) is 60.2 Å². The number of hydrogen-bond acceptors (Lipinski definition) is 5. The summed E-state index contributed by atoms with van der Waals surface area (Å²) in [7, 11) is -0.883. The van der Waals surface area contributed by atoms with Crippen LogP contribution in [0.1, 0.15) is 23.2 Å². The molecule has 1 aliphatic heterocycles. The molecule has 0 saturated carbocycles. The summed E-state index contributed by atoms with van der Waals surface area (Å²) in [5, 5.41) is 3.02. The van der Waals surface area contributed by atoms with Gasteiger partial charge in [0.15, 0.2) is 9.84 Å². The molecule has 5 nitrogen and oxygen atoms in total. The van der Waals surface area contributed by atoms with Crippen molar-refractivity contribution in [3.8, 4) is 0 Å². The quantitative estimate of drug-likeness (QED) is 0.667. The molecule has 1 unspecified atom stereocenters. The van der Waals surface area contributed by atoms with Crippen LogP contribution in [-0.2, 0) is 9.84 Å². The van der Waals surface area contributed by atoms with E-state index in [4.69, 9.17) is 0 Å². The second-order valence-corrected chi connectivity index (χ2v) is 10.6. The van der Waals surface area contributed by atoms with Gasteiger partial charge in [-0.2, -0.15) is 0 Å². The van der Waals surface area contributed by atoms with Crippen LogP contribution in [-0.4, -0.2) is 51.2 Å². The molecule has 0 bridgehead atoms. The number of para-hydroxylation sites is 1. The van der Waals surface area contributed by atoms with E-state index < -0.39 is 9.84 Å². The number of anilines is 1. The topological polar surface area (TPSA) is 66.5 Å². The Morgan fingerprint density at radius 3 is 2.57 bits per heavy atom. The van der Waals surface area contributed by atoms with E-state index in [1.54, 1.807) is 6.07 Å². The Balaban J connectivity index is 1.50. The van der Waals surface area contributed by atoms with Crippen molar-refractivity contribution in [2.24, 2.45) is 0 Å². The molecule has 0 spiro atoms. The van der Waals surface area contributed by atoms with Crippen molar-refractivity contribution in [2.45, 2.75) is 23.0 Å². The molecule has 28 heavy (non-hydrogen) atoms. The molecule has 2 aromatic rings. The Morgan fingerprint density at radius 1 is 1.14 bits per heavy atom. The molecule has 1 atom stereocenters. The van der Waals surface area contributed by atoms with E-state index >= 15 is 0 Å². The van der Waals surface area contributed by atoms with E-state index in [2.05, 4.69) is 22.3 Å². The van der Waals surface area contributed by atoms with Crippen LogP contribution in [0.5, 0.6) is 0 Å². The third-order valence-electron chi connectivity index (χ3n) is 4.77. The van der Waals surface area contributed by atoms with Gasteiger partial charge in [-0.15, -0.1) is 11.8 Å². The summed E-state index contributed by atoms with van der Waals surface area (Å²) >= 11 is 1.50. The Hall–Kier alpha value is -1.99. The van der Waals surface area contributed by atoms with Gasteiger partial charge in [0.1, 0.15) is 0 Å². The van der Waals surface area contributed by atoms with Crippen LogP contribution in [0.15, 0.2) is 59.5 Å². The van der Waals surface area contributed by atoms with Gasteiger partial charge in [0.2, 0.25) is 0 Å². The van der Waals surface area contributed by atoms with Gasteiger partial charge >= 0.3 is 0 Å². The highest BCUT2D eigenvalue weighted by Crippen LogP contribution is 2.33. The van der Waals surface area contributed by atoms with Gasteiger partial charge < -0.3 is 10.2 Å². The predicted molar refractivity (Wildman–Crippen MR) is 116 cm³/mol. The molecule has 1 heterocycles. The van der Waals surface area contributed by atoms with Crippen LogP contribution >= 0.6 is 11.8 Å². The fourth-order valence-electron chi connectivity index (χ4n) is 3.22. The van der Waals surface area contributed by atoms with Crippen LogP contribution in [0, 0.1) is 0 Å². The number of carbonyl (C=O) groups excluding carboxylic acids is 1. The van der Waals surface area contributed by atoms with Gasteiger partial charge in [0, 0.05) is 36.0 Å². The zero-order chi connectivity index (χ0) is 20.0. The molecule has 7 heteroatoms. The Morgan fingerprint density at radius 2 is 1.86 bits per heavy atom. The van der Waals surface area contributed by atoms with Crippen LogP contribution in [0.25, 0.3) is 0 Å². The van der Waals surface area contributed by atoms with Crippen LogP contribution in [0.3, 0.4) is 0 Å². The third-order valence-corrected chi connectivity index (χ3v) is 8.09. The van der Waals surface area contributed by atoms with E-state index in [0.717, 1.165) is 23.5 Å². The molecule has 0 aromatic heterocycles. The highest BCUT2D eigenvalue weighted by atomic mass is 32.2. The molecular formula is C21H26N2O3S2. The molecule has 0 aliphatic carbocycles. The van der Waals surface area contributed by atoms with E-state index in [1.807, 2.05) is 43.4 Å². The van der Waals surface area contributed by atoms with Gasteiger partial charge in [0.05, 0.1) is 17.1 Å². The minimum atomic E-state index is -2.92. The zero-order valence-corrected chi connectivity index (χ0v) is 17.6. The lowest BCUT2D eigenvalue weighted by Crippen LogP contribution is -2.28.